The van der Waals surface area contributed by atoms with E-state index in [1.165, 1.54) is 12.8 Å². The summed E-state index contributed by atoms with van der Waals surface area (Å²) in [7, 11) is 5.01. The number of piperidine rings is 1. The van der Waals surface area contributed by atoms with Gasteiger partial charge in [-0.1, -0.05) is 18.8 Å². The Bertz CT molecular complexity index is 208. The first kappa shape index (κ1) is 13.3. The van der Waals surface area contributed by atoms with E-state index < -0.39 is 12.0 Å². The average molecular weight is 250 g/mol. The second-order valence-electron chi connectivity index (χ2n) is 4.11. The van der Waals surface area contributed by atoms with Gasteiger partial charge in [0.1, 0.15) is 6.04 Å². The lowest BCUT2D eigenvalue weighted by Gasteiger charge is -2.29. The van der Waals surface area contributed by atoms with E-state index in [1.54, 1.807) is 0 Å². The van der Waals surface area contributed by atoms with Gasteiger partial charge < -0.3 is 5.11 Å². The highest BCUT2D eigenvalue weighted by atomic mass is 31.0. The number of rotatable bonds is 5. The zero-order valence-corrected chi connectivity index (χ0v) is 11.2. The number of carboxylic acid groups (broad SMARTS) is 1. The van der Waals surface area contributed by atoms with E-state index in [-0.39, 0.29) is 0 Å². The number of hydrogen-bond donors (Lipinski definition) is 2. The molecule has 0 spiro atoms. The fourth-order valence-electron chi connectivity index (χ4n) is 1.92. The second-order valence-corrected chi connectivity index (χ2v) is 5.18. The Balaban J connectivity index is 2.21. The topological polar surface area (TPSA) is 52.6 Å². The van der Waals surface area contributed by atoms with Crippen molar-refractivity contribution in [2.24, 2.45) is 5.92 Å². The van der Waals surface area contributed by atoms with Gasteiger partial charge in [-0.2, -0.15) is 0 Å². The third kappa shape index (κ3) is 4.74. The fraction of sp³-hybridized carbons (Fsp3) is 0.889. The molecule has 88 valence electrons. The van der Waals surface area contributed by atoms with Crippen molar-refractivity contribution in [3.8, 4) is 0 Å². The summed E-state index contributed by atoms with van der Waals surface area (Å²) in [5.74, 6) is -0.0597. The minimum Gasteiger partial charge on any atom is -0.480 e. The Kier molecular flexibility index (Phi) is 5.99. The van der Waals surface area contributed by atoms with Crippen LogP contribution in [0, 0.1) is 5.92 Å². The molecule has 1 aliphatic heterocycles. The monoisotopic (exact) mass is 250 g/mol. The van der Waals surface area contributed by atoms with Crippen molar-refractivity contribution in [1.29, 1.82) is 0 Å². The predicted octanol–water partition coefficient (Wildman–Crippen LogP) is 1.10. The number of carboxylic acids is 1. The summed E-state index contributed by atoms with van der Waals surface area (Å²) >= 11 is 0. The maximum absolute atomic E-state index is 10.8. The summed E-state index contributed by atoms with van der Waals surface area (Å²) in [6.45, 7) is 2.22. The number of nitrogens with zero attached hydrogens (tertiary/aromatic N) is 1. The highest BCUT2D eigenvalue weighted by molar-refractivity contribution is 7.13. The quantitative estimate of drug-likeness (QED) is 0.717. The molecule has 0 aromatic carbocycles. The third-order valence-electron chi connectivity index (χ3n) is 3.01. The van der Waals surface area contributed by atoms with Gasteiger partial charge in [0.05, 0.1) is 0 Å². The first-order valence-corrected chi connectivity index (χ1v) is 6.41. The van der Waals surface area contributed by atoms with Crippen LogP contribution in [0.3, 0.4) is 0 Å². The Morgan fingerprint density at radius 2 is 2.13 bits per heavy atom. The van der Waals surface area contributed by atoms with Gasteiger partial charge in [-0.3, -0.25) is 14.6 Å². The minimum absolute atomic E-state index is 0.413. The van der Waals surface area contributed by atoms with Crippen LogP contribution in [0.25, 0.3) is 0 Å². The molecule has 1 rings (SSSR count). The molecule has 0 aliphatic carbocycles. The van der Waals surface area contributed by atoms with Crippen LogP contribution < -0.4 is 5.09 Å². The lowest BCUT2D eigenvalue weighted by atomic mass is 9.91. The van der Waals surface area contributed by atoms with Crippen LogP contribution in [-0.2, 0) is 4.79 Å². The van der Waals surface area contributed by atoms with Gasteiger partial charge in [0, 0.05) is 13.1 Å². The molecule has 0 bridgehead atoms. The summed E-state index contributed by atoms with van der Waals surface area (Å²) in [5, 5.41) is 11.6. The van der Waals surface area contributed by atoms with Crippen molar-refractivity contribution in [3.05, 3.63) is 0 Å². The van der Waals surface area contributed by atoms with Crippen LogP contribution in [0.5, 0.6) is 0 Å². The smallest absolute Gasteiger partial charge is 0.320 e. The first-order valence-electron chi connectivity index (χ1n) is 5.32. The standard InChI is InChI=1S/C9H20N2O2P2/c12-9(13)8(10-14)2-1-7-3-5-11(15)6-4-7/h7-8,10H,1-6,14-15H2,(H,12,13)/t8-/m0/s1. The molecule has 4 nitrogen and oxygen atoms in total. The van der Waals surface area contributed by atoms with Gasteiger partial charge in [0.25, 0.3) is 0 Å². The molecule has 0 radical (unpaired) electrons. The number of carbonyl (C=O) groups is 1. The van der Waals surface area contributed by atoms with E-state index in [0.717, 1.165) is 25.9 Å². The lowest BCUT2D eigenvalue weighted by molar-refractivity contribution is -0.139. The van der Waals surface area contributed by atoms with Crippen molar-refractivity contribution < 1.29 is 9.90 Å². The molecular weight excluding hydrogens is 230 g/mol. The van der Waals surface area contributed by atoms with E-state index in [4.69, 9.17) is 5.11 Å². The van der Waals surface area contributed by atoms with Crippen LogP contribution in [0.2, 0.25) is 0 Å². The zero-order valence-electron chi connectivity index (χ0n) is 8.85. The zero-order chi connectivity index (χ0) is 11.3. The van der Waals surface area contributed by atoms with Crippen molar-refractivity contribution >= 4 is 24.8 Å². The maximum Gasteiger partial charge on any atom is 0.320 e. The van der Waals surface area contributed by atoms with Gasteiger partial charge in [-0.05, 0) is 31.6 Å². The summed E-state index contributed by atoms with van der Waals surface area (Å²) in [6.07, 6.45) is 4.11. The average Bonchev–Trinajstić information content (AvgIpc) is 2.21. The van der Waals surface area contributed by atoms with Gasteiger partial charge in [-0.15, -0.1) is 0 Å². The highest BCUT2D eigenvalue weighted by Crippen LogP contribution is 2.24. The van der Waals surface area contributed by atoms with Crippen molar-refractivity contribution in [2.45, 2.75) is 31.7 Å². The molecule has 1 aliphatic rings. The van der Waals surface area contributed by atoms with Crippen LogP contribution in [0.4, 0.5) is 0 Å². The van der Waals surface area contributed by atoms with Crippen LogP contribution in [0.15, 0.2) is 0 Å². The molecule has 15 heavy (non-hydrogen) atoms. The highest BCUT2D eigenvalue weighted by Gasteiger charge is 2.20. The van der Waals surface area contributed by atoms with E-state index in [9.17, 15) is 4.79 Å². The Hall–Kier alpha value is 0.250. The molecule has 0 aromatic heterocycles. The Morgan fingerprint density at radius 3 is 2.60 bits per heavy atom. The predicted molar refractivity (Wildman–Crippen MR) is 67.5 cm³/mol. The number of hydrogen-bond acceptors (Lipinski definition) is 3. The molecular formula is C9H20N2O2P2. The second kappa shape index (κ2) is 6.75. The van der Waals surface area contributed by atoms with E-state index in [2.05, 4.69) is 28.5 Å². The number of nitrogens with one attached hydrogen (secondary N) is 1. The molecule has 1 saturated heterocycles. The van der Waals surface area contributed by atoms with Crippen LogP contribution in [0.1, 0.15) is 25.7 Å². The summed E-state index contributed by atoms with van der Waals surface area (Å²) < 4.78 is 2.25. The summed E-state index contributed by atoms with van der Waals surface area (Å²) in [5.41, 5.74) is 0. The lowest BCUT2D eigenvalue weighted by Crippen LogP contribution is -2.32. The van der Waals surface area contributed by atoms with Gasteiger partial charge in [0.15, 0.2) is 0 Å². The van der Waals surface area contributed by atoms with Crippen LogP contribution in [-0.4, -0.2) is 34.9 Å². The molecule has 1 fully saturated rings. The van der Waals surface area contributed by atoms with Gasteiger partial charge >= 0.3 is 5.97 Å². The van der Waals surface area contributed by atoms with Gasteiger partial charge in [-0.25, -0.2) is 0 Å². The van der Waals surface area contributed by atoms with Crippen molar-refractivity contribution in [3.63, 3.8) is 0 Å². The molecule has 0 saturated carbocycles. The molecule has 2 unspecified atom stereocenters. The summed E-state index contributed by atoms with van der Waals surface area (Å²) in [4.78, 5) is 10.8. The van der Waals surface area contributed by atoms with Crippen molar-refractivity contribution in [1.82, 2.24) is 9.76 Å². The van der Waals surface area contributed by atoms with E-state index >= 15 is 0 Å². The molecule has 6 heteroatoms. The minimum atomic E-state index is -0.756. The molecule has 3 atom stereocenters. The summed E-state index contributed by atoms with van der Waals surface area (Å²) in [6, 6.07) is -0.413. The third-order valence-corrected chi connectivity index (χ3v) is 3.93. The van der Waals surface area contributed by atoms with Crippen LogP contribution >= 0.6 is 18.8 Å². The molecule has 0 aromatic rings. The Morgan fingerprint density at radius 1 is 1.53 bits per heavy atom. The van der Waals surface area contributed by atoms with E-state index in [1.807, 2.05) is 0 Å². The van der Waals surface area contributed by atoms with Gasteiger partial charge in [0.2, 0.25) is 0 Å². The fourth-order valence-corrected chi connectivity index (χ4v) is 2.53. The largest absolute Gasteiger partial charge is 0.480 e. The van der Waals surface area contributed by atoms with Crippen molar-refractivity contribution in [2.75, 3.05) is 13.1 Å². The van der Waals surface area contributed by atoms with E-state index in [0.29, 0.717) is 5.92 Å². The first-order chi connectivity index (χ1) is 7.13. The molecule has 1 heterocycles. The molecule has 0 amide bonds. The normalized spacial score (nSPS) is 21.5. The molecule has 2 N–H and O–H groups in total. The SMILES string of the molecule is O=C(O)[C@H](CCC1CCN(P)CC1)NP. The maximum atomic E-state index is 10.8. The Labute approximate surface area is 95.7 Å². The number of aliphatic carboxylic acids is 1.